The van der Waals surface area contributed by atoms with Gasteiger partial charge in [0, 0.05) is 49.7 Å². The maximum atomic E-state index is 4.68. The van der Waals surface area contributed by atoms with Crippen molar-refractivity contribution in [3.8, 4) is 0 Å². The predicted molar refractivity (Wildman–Crippen MR) is 98.5 cm³/mol. The maximum absolute atomic E-state index is 4.68. The number of nitrogens with zero attached hydrogens (tertiary/aromatic N) is 3. The summed E-state index contributed by atoms with van der Waals surface area (Å²) in [4.78, 5) is 9.59. The fraction of sp³-hybridized carbons (Fsp3) is 0.750. The number of hydrogen-bond acceptors (Lipinski definition) is 4. The van der Waals surface area contributed by atoms with Crippen molar-refractivity contribution in [1.29, 1.82) is 0 Å². The molecule has 4 heteroatoms. The van der Waals surface area contributed by atoms with Crippen LogP contribution in [0.3, 0.4) is 0 Å². The molecule has 0 unspecified atom stereocenters. The Balaban J connectivity index is 1.34. The lowest BCUT2D eigenvalue weighted by molar-refractivity contribution is 0.0105. The lowest BCUT2D eigenvalue weighted by atomic mass is 9.53. The molecule has 1 N–H and O–H groups in total. The average molecular weight is 326 g/mol. The molecule has 0 aromatic carbocycles. The highest BCUT2D eigenvalue weighted by molar-refractivity contribution is 5.55. The van der Waals surface area contributed by atoms with Gasteiger partial charge in [-0.15, -0.1) is 0 Å². The van der Waals surface area contributed by atoms with Gasteiger partial charge in [-0.2, -0.15) is 0 Å². The van der Waals surface area contributed by atoms with Crippen molar-refractivity contribution >= 4 is 11.5 Å². The molecule has 0 amide bonds. The lowest BCUT2D eigenvalue weighted by Gasteiger charge is -2.57. The predicted octanol–water partition coefficient (Wildman–Crippen LogP) is 3.21. The van der Waals surface area contributed by atoms with E-state index in [2.05, 4.69) is 39.3 Å². The van der Waals surface area contributed by atoms with Crippen molar-refractivity contribution in [2.45, 2.75) is 44.1 Å². The van der Waals surface area contributed by atoms with Crippen molar-refractivity contribution in [2.24, 2.45) is 17.8 Å². The Morgan fingerprint density at radius 3 is 2.25 bits per heavy atom. The van der Waals surface area contributed by atoms with E-state index in [1.165, 1.54) is 44.2 Å². The van der Waals surface area contributed by atoms with Gasteiger partial charge in [-0.3, -0.25) is 0 Å². The first-order valence-electron chi connectivity index (χ1n) is 9.85. The van der Waals surface area contributed by atoms with Gasteiger partial charge in [0.25, 0.3) is 0 Å². The number of piperazine rings is 1. The molecular formula is C20H30N4. The van der Waals surface area contributed by atoms with Crippen molar-refractivity contribution in [3.05, 3.63) is 18.3 Å². The Morgan fingerprint density at radius 1 is 1.00 bits per heavy atom. The molecule has 4 aliphatic carbocycles. The van der Waals surface area contributed by atoms with Crippen LogP contribution in [0.25, 0.3) is 0 Å². The number of aromatic nitrogens is 1. The van der Waals surface area contributed by atoms with Crippen LogP contribution in [0.5, 0.6) is 0 Å². The monoisotopic (exact) mass is 326 g/mol. The quantitative estimate of drug-likeness (QED) is 0.924. The number of anilines is 2. The largest absolute Gasteiger partial charge is 0.369 e. The molecule has 5 aliphatic rings. The van der Waals surface area contributed by atoms with E-state index in [1.54, 1.807) is 0 Å². The molecule has 1 aromatic rings. The topological polar surface area (TPSA) is 31.4 Å². The number of nitrogens with one attached hydrogen (secondary N) is 1. The summed E-state index contributed by atoms with van der Waals surface area (Å²) in [7, 11) is 2.21. The standard InChI is InChI=1S/C20H30N4/c1-23-4-6-24(7-5-23)18-2-3-21-19(11-18)22-20-12-15-8-16(13-20)10-17(9-15)14-20/h2-3,11,15-17H,4-10,12-14H2,1H3,(H,21,22). The average Bonchev–Trinajstić information content (AvgIpc) is 2.54. The first-order valence-corrected chi connectivity index (χ1v) is 9.85. The molecule has 4 nitrogen and oxygen atoms in total. The molecule has 2 heterocycles. The second-order valence-corrected chi connectivity index (χ2v) is 9.01. The molecule has 130 valence electrons. The zero-order valence-electron chi connectivity index (χ0n) is 14.9. The zero-order valence-corrected chi connectivity index (χ0v) is 14.9. The van der Waals surface area contributed by atoms with Gasteiger partial charge in [-0.05, 0) is 69.4 Å². The van der Waals surface area contributed by atoms with E-state index >= 15 is 0 Å². The SMILES string of the molecule is CN1CCN(c2ccnc(NC34CC5CC(CC(C5)C3)C4)c2)CC1. The molecule has 6 rings (SSSR count). The molecule has 1 aromatic heterocycles. The molecule has 24 heavy (non-hydrogen) atoms. The molecule has 0 spiro atoms. The molecule has 4 bridgehead atoms. The number of likely N-dealkylation sites (N-methyl/N-ethyl adjacent to an activating group) is 1. The van der Waals surface area contributed by atoms with Gasteiger partial charge in [0.05, 0.1) is 0 Å². The third-order valence-corrected chi connectivity index (χ3v) is 7.04. The smallest absolute Gasteiger partial charge is 0.128 e. The van der Waals surface area contributed by atoms with Crippen molar-refractivity contribution in [1.82, 2.24) is 9.88 Å². The van der Waals surface area contributed by atoms with Crippen LogP contribution in [-0.4, -0.2) is 48.6 Å². The van der Waals surface area contributed by atoms with Crippen LogP contribution in [-0.2, 0) is 0 Å². The van der Waals surface area contributed by atoms with Gasteiger partial charge in [-0.1, -0.05) is 0 Å². The highest BCUT2D eigenvalue weighted by Crippen LogP contribution is 2.56. The van der Waals surface area contributed by atoms with E-state index in [0.29, 0.717) is 5.54 Å². The van der Waals surface area contributed by atoms with Crippen LogP contribution in [0.2, 0.25) is 0 Å². The summed E-state index contributed by atoms with van der Waals surface area (Å²) in [6.45, 7) is 4.55. The Labute approximate surface area is 145 Å². The molecule has 5 fully saturated rings. The van der Waals surface area contributed by atoms with Crippen LogP contribution >= 0.6 is 0 Å². The van der Waals surface area contributed by atoms with Crippen molar-refractivity contribution in [3.63, 3.8) is 0 Å². The summed E-state index contributed by atoms with van der Waals surface area (Å²) in [5.74, 6) is 4.03. The zero-order chi connectivity index (χ0) is 16.1. The highest BCUT2D eigenvalue weighted by atomic mass is 15.2. The minimum Gasteiger partial charge on any atom is -0.369 e. The summed E-state index contributed by atoms with van der Waals surface area (Å²) < 4.78 is 0. The third-order valence-electron chi connectivity index (χ3n) is 7.04. The summed E-state index contributed by atoms with van der Waals surface area (Å²) in [6.07, 6.45) is 10.6. The van der Waals surface area contributed by atoms with Gasteiger partial charge in [0.1, 0.15) is 5.82 Å². The second-order valence-electron chi connectivity index (χ2n) is 9.01. The number of pyridine rings is 1. The van der Waals surface area contributed by atoms with E-state index < -0.39 is 0 Å². The fourth-order valence-electron chi connectivity index (χ4n) is 6.28. The molecular weight excluding hydrogens is 296 g/mol. The summed E-state index contributed by atoms with van der Waals surface area (Å²) >= 11 is 0. The van der Waals surface area contributed by atoms with Crippen molar-refractivity contribution < 1.29 is 0 Å². The Bertz CT molecular complexity index is 570. The van der Waals surface area contributed by atoms with Gasteiger partial charge in [0.2, 0.25) is 0 Å². The normalized spacial score (nSPS) is 38.5. The first-order chi connectivity index (χ1) is 11.7. The van der Waals surface area contributed by atoms with Gasteiger partial charge >= 0.3 is 0 Å². The fourth-order valence-corrected chi connectivity index (χ4v) is 6.28. The molecule has 4 saturated carbocycles. The van der Waals surface area contributed by atoms with E-state index in [9.17, 15) is 0 Å². The minimum absolute atomic E-state index is 0.350. The Kier molecular flexibility index (Phi) is 3.51. The van der Waals surface area contributed by atoms with Crippen LogP contribution in [0.15, 0.2) is 18.3 Å². The summed E-state index contributed by atoms with van der Waals surface area (Å²) in [5.41, 5.74) is 1.69. The van der Waals surface area contributed by atoms with Crippen LogP contribution in [0, 0.1) is 17.8 Å². The van der Waals surface area contributed by atoms with Gasteiger partial charge in [-0.25, -0.2) is 4.98 Å². The van der Waals surface area contributed by atoms with E-state index in [1.807, 2.05) is 6.20 Å². The Morgan fingerprint density at radius 2 is 1.62 bits per heavy atom. The van der Waals surface area contributed by atoms with Crippen LogP contribution in [0.1, 0.15) is 38.5 Å². The number of rotatable bonds is 3. The summed E-state index contributed by atoms with van der Waals surface area (Å²) in [6, 6.07) is 4.47. The first kappa shape index (κ1) is 15.0. The van der Waals surface area contributed by atoms with Gasteiger partial charge < -0.3 is 15.1 Å². The minimum atomic E-state index is 0.350. The summed E-state index contributed by atoms with van der Waals surface area (Å²) in [5, 5.41) is 3.93. The highest BCUT2D eigenvalue weighted by Gasteiger charge is 2.51. The second kappa shape index (κ2) is 5.62. The van der Waals surface area contributed by atoms with E-state index in [4.69, 9.17) is 0 Å². The maximum Gasteiger partial charge on any atom is 0.128 e. The van der Waals surface area contributed by atoms with Crippen LogP contribution < -0.4 is 10.2 Å². The Hall–Kier alpha value is -1.29. The number of hydrogen-bond donors (Lipinski definition) is 1. The van der Waals surface area contributed by atoms with Crippen LogP contribution in [0.4, 0.5) is 11.5 Å². The lowest BCUT2D eigenvalue weighted by Crippen LogP contribution is -2.54. The molecule has 0 atom stereocenters. The molecule has 1 aliphatic heterocycles. The van der Waals surface area contributed by atoms with Gasteiger partial charge in [0.15, 0.2) is 0 Å². The molecule has 1 saturated heterocycles. The van der Waals surface area contributed by atoms with E-state index in [0.717, 1.165) is 49.8 Å². The third kappa shape index (κ3) is 2.69. The van der Waals surface area contributed by atoms with E-state index in [-0.39, 0.29) is 0 Å². The van der Waals surface area contributed by atoms with Crippen molar-refractivity contribution in [2.75, 3.05) is 43.4 Å². The molecule has 0 radical (unpaired) electrons.